The highest BCUT2D eigenvalue weighted by Gasteiger charge is 2.61. The van der Waals surface area contributed by atoms with Gasteiger partial charge in [-0.15, -0.1) is 0 Å². The molecule has 0 radical (unpaired) electrons. The number of fused-ring (bicyclic) bond motifs is 2. The van der Waals surface area contributed by atoms with Gasteiger partial charge in [-0.3, -0.25) is 0 Å². The highest BCUT2D eigenvalue weighted by atomic mass is 35.5. The van der Waals surface area contributed by atoms with Gasteiger partial charge in [-0.25, -0.2) is 9.97 Å². The predicted octanol–water partition coefficient (Wildman–Crippen LogP) is 5.55. The van der Waals surface area contributed by atoms with Gasteiger partial charge < -0.3 is 15.5 Å². The average Bonchev–Trinajstić information content (AvgIpc) is 2.71. The van der Waals surface area contributed by atoms with Gasteiger partial charge >= 0.3 is 6.18 Å². The maximum absolute atomic E-state index is 14.2. The largest absolute Gasteiger partial charge is 0.506 e. The Bertz CT molecular complexity index is 1210. The summed E-state index contributed by atoms with van der Waals surface area (Å²) in [5.41, 5.74) is -1.81. The van der Waals surface area contributed by atoms with E-state index in [1.54, 1.807) is 32.0 Å². The first-order valence-electron chi connectivity index (χ1n) is 9.51. The van der Waals surface area contributed by atoms with E-state index in [0.717, 1.165) is 0 Å². The summed E-state index contributed by atoms with van der Waals surface area (Å²) in [5.74, 6) is 0.205. The normalized spacial score (nSPS) is 22.5. The maximum atomic E-state index is 14.2. The van der Waals surface area contributed by atoms with E-state index in [1.165, 1.54) is 24.4 Å². The predicted molar refractivity (Wildman–Crippen MR) is 113 cm³/mol. The molecule has 1 aliphatic rings. The molecule has 1 heterocycles. The summed E-state index contributed by atoms with van der Waals surface area (Å²) in [6, 6.07) is 6.07. The molecule has 0 saturated carbocycles. The topological polar surface area (TPSA) is 78.3 Å². The van der Waals surface area contributed by atoms with Crippen LogP contribution in [0.15, 0.2) is 42.6 Å². The number of aromatic nitrogens is 2. The molecule has 2 aromatic carbocycles. The van der Waals surface area contributed by atoms with E-state index >= 15 is 0 Å². The minimum absolute atomic E-state index is 0.0170. The second kappa shape index (κ2) is 7.39. The molecule has 1 aliphatic carbocycles. The van der Waals surface area contributed by atoms with Gasteiger partial charge in [0.1, 0.15) is 11.6 Å². The van der Waals surface area contributed by atoms with E-state index in [0.29, 0.717) is 22.4 Å². The second-order valence-electron chi connectivity index (χ2n) is 7.51. The highest BCUT2D eigenvalue weighted by Crippen LogP contribution is 2.55. The van der Waals surface area contributed by atoms with Gasteiger partial charge in [-0.1, -0.05) is 29.8 Å². The molecular weight excluding hydrogens is 431 g/mol. The number of aromatic hydroxyl groups is 1. The molecule has 0 spiro atoms. The monoisotopic (exact) mass is 449 g/mol. The molecule has 3 aromatic rings. The van der Waals surface area contributed by atoms with Crippen LogP contribution in [0.2, 0.25) is 5.02 Å². The molecule has 9 heteroatoms. The number of halogens is 4. The third kappa shape index (κ3) is 3.40. The summed E-state index contributed by atoms with van der Waals surface area (Å²) in [6.45, 7) is 3.26. The Hall–Kier alpha value is -2.84. The van der Waals surface area contributed by atoms with Crippen LogP contribution < -0.4 is 5.32 Å². The van der Waals surface area contributed by atoms with E-state index in [9.17, 15) is 23.4 Å². The number of rotatable bonds is 2. The molecule has 2 unspecified atom stereocenters. The number of hydrogen-bond donors (Lipinski definition) is 3. The lowest BCUT2D eigenvalue weighted by Crippen LogP contribution is -2.54. The number of phenolic OH excluding ortho intramolecular Hbond substituents is 1. The van der Waals surface area contributed by atoms with Gasteiger partial charge in [0.15, 0.2) is 5.60 Å². The molecule has 0 fully saturated rings. The fraction of sp³-hybridized carbons (Fsp3) is 0.273. The van der Waals surface area contributed by atoms with Gasteiger partial charge in [0.25, 0.3) is 0 Å². The number of allylic oxidation sites excluding steroid dienone is 1. The summed E-state index contributed by atoms with van der Waals surface area (Å²) in [5, 5.41) is 24.9. The number of alkyl halides is 3. The van der Waals surface area contributed by atoms with Crippen LogP contribution in [0, 0.1) is 6.92 Å². The van der Waals surface area contributed by atoms with Gasteiger partial charge in [0, 0.05) is 29.3 Å². The smallest absolute Gasteiger partial charge is 0.419 e. The van der Waals surface area contributed by atoms with E-state index in [2.05, 4.69) is 15.3 Å². The van der Waals surface area contributed by atoms with Crippen molar-refractivity contribution in [2.75, 3.05) is 5.32 Å². The van der Waals surface area contributed by atoms with Gasteiger partial charge in [-0.2, -0.15) is 13.2 Å². The summed E-state index contributed by atoms with van der Waals surface area (Å²) < 4.78 is 42.6. The number of phenols is 1. The average molecular weight is 450 g/mol. The summed E-state index contributed by atoms with van der Waals surface area (Å²) in [6.07, 6.45) is -2.74. The highest BCUT2D eigenvalue weighted by molar-refractivity contribution is 6.32. The summed E-state index contributed by atoms with van der Waals surface area (Å²) in [7, 11) is 0. The third-order valence-corrected chi connectivity index (χ3v) is 5.92. The molecule has 162 valence electrons. The fourth-order valence-corrected chi connectivity index (χ4v) is 4.19. The molecular formula is C22H19ClF3N3O2. The van der Waals surface area contributed by atoms with E-state index in [4.69, 9.17) is 11.6 Å². The number of aryl methyl sites for hydroxylation is 1. The molecule has 5 nitrogen and oxygen atoms in total. The Morgan fingerprint density at radius 3 is 2.68 bits per heavy atom. The van der Waals surface area contributed by atoms with E-state index in [-0.39, 0.29) is 27.5 Å². The zero-order chi connectivity index (χ0) is 22.6. The van der Waals surface area contributed by atoms with Crippen LogP contribution in [0.25, 0.3) is 16.5 Å². The standard InChI is InChI=1S/C22H19ClF3N3O2/c1-3-12-9-21(31,22(24,25)26)20(13-7-8-15(23)19(30)18(12)13)29-17-6-4-5-16-14(17)10-27-11(2)28-16/h3-8,10,20,29-31H,9H2,1-2H3. The first-order chi connectivity index (χ1) is 14.6. The van der Waals surface area contributed by atoms with Crippen molar-refractivity contribution in [2.45, 2.75) is 38.1 Å². The fourth-order valence-electron chi connectivity index (χ4n) is 4.03. The Balaban J connectivity index is 1.95. The first kappa shape index (κ1) is 21.4. The lowest BCUT2D eigenvalue weighted by atomic mass is 9.72. The molecule has 2 atom stereocenters. The van der Waals surface area contributed by atoms with Crippen molar-refractivity contribution >= 4 is 33.8 Å². The van der Waals surface area contributed by atoms with Crippen molar-refractivity contribution in [2.24, 2.45) is 0 Å². The van der Waals surface area contributed by atoms with Crippen molar-refractivity contribution in [1.29, 1.82) is 0 Å². The third-order valence-electron chi connectivity index (χ3n) is 5.62. The molecule has 0 aliphatic heterocycles. The zero-order valence-corrected chi connectivity index (χ0v) is 17.4. The van der Waals surface area contributed by atoms with Gasteiger partial charge in [-0.05, 0) is 43.2 Å². The number of hydrogen-bond acceptors (Lipinski definition) is 5. The molecule has 0 saturated heterocycles. The summed E-state index contributed by atoms with van der Waals surface area (Å²) in [4.78, 5) is 8.45. The van der Waals surface area contributed by atoms with Crippen LogP contribution in [0.1, 0.15) is 36.3 Å². The Labute approximate surface area is 181 Å². The first-order valence-corrected chi connectivity index (χ1v) is 9.89. The van der Waals surface area contributed by atoms with Crippen molar-refractivity contribution < 1.29 is 23.4 Å². The minimum Gasteiger partial charge on any atom is -0.506 e. The van der Waals surface area contributed by atoms with Crippen LogP contribution in [0.5, 0.6) is 5.75 Å². The lowest BCUT2D eigenvalue weighted by Gasteiger charge is -2.44. The molecule has 4 rings (SSSR count). The van der Waals surface area contributed by atoms with E-state index in [1.807, 2.05) is 0 Å². The number of aliphatic hydroxyl groups is 1. The zero-order valence-electron chi connectivity index (χ0n) is 16.6. The van der Waals surface area contributed by atoms with Crippen LogP contribution in [-0.2, 0) is 0 Å². The number of anilines is 1. The van der Waals surface area contributed by atoms with Crippen molar-refractivity contribution in [3.05, 3.63) is 64.6 Å². The van der Waals surface area contributed by atoms with Crippen molar-refractivity contribution in [3.63, 3.8) is 0 Å². The number of nitrogens with one attached hydrogen (secondary N) is 1. The number of benzene rings is 2. The molecule has 0 bridgehead atoms. The van der Waals surface area contributed by atoms with Crippen LogP contribution >= 0.6 is 11.6 Å². The molecule has 0 amide bonds. The van der Waals surface area contributed by atoms with Crippen LogP contribution in [0.3, 0.4) is 0 Å². The quantitative estimate of drug-likeness (QED) is 0.478. The summed E-state index contributed by atoms with van der Waals surface area (Å²) >= 11 is 6.03. The van der Waals surface area contributed by atoms with Crippen LogP contribution in [0.4, 0.5) is 18.9 Å². The lowest BCUT2D eigenvalue weighted by molar-refractivity contribution is -0.265. The van der Waals surface area contributed by atoms with Gasteiger partial charge in [0.05, 0.1) is 16.6 Å². The second-order valence-corrected chi connectivity index (χ2v) is 7.91. The SMILES string of the molecule is CC=C1CC(O)(C(F)(F)F)C(Nc2cccc3nc(C)ncc23)c2ccc(Cl)c(O)c21. The maximum Gasteiger partial charge on any atom is 0.419 e. The minimum atomic E-state index is -4.95. The Morgan fingerprint density at radius 2 is 2.00 bits per heavy atom. The Kier molecular flexibility index (Phi) is 5.10. The number of nitrogens with zero attached hydrogens (tertiary/aromatic N) is 2. The van der Waals surface area contributed by atoms with Crippen molar-refractivity contribution in [3.8, 4) is 5.75 Å². The van der Waals surface area contributed by atoms with Gasteiger partial charge in [0.2, 0.25) is 0 Å². The molecule has 3 N–H and O–H groups in total. The Morgan fingerprint density at radius 1 is 1.26 bits per heavy atom. The van der Waals surface area contributed by atoms with Crippen molar-refractivity contribution in [1.82, 2.24) is 9.97 Å². The molecule has 1 aromatic heterocycles. The van der Waals surface area contributed by atoms with Crippen LogP contribution in [-0.4, -0.2) is 32.0 Å². The van der Waals surface area contributed by atoms with E-state index < -0.39 is 24.2 Å². The molecule has 31 heavy (non-hydrogen) atoms.